The zero-order valence-electron chi connectivity index (χ0n) is 18.8. The van der Waals surface area contributed by atoms with E-state index in [0.29, 0.717) is 0 Å². The molecule has 0 aliphatic carbocycles. The second-order valence-electron chi connectivity index (χ2n) is 8.84. The van der Waals surface area contributed by atoms with Crippen molar-refractivity contribution in [2.24, 2.45) is 5.73 Å². The van der Waals surface area contributed by atoms with E-state index >= 15 is 0 Å². The first-order valence-corrected chi connectivity index (χ1v) is 11.8. The molecule has 3 heterocycles. The minimum Gasteiger partial charge on any atom is -0.379 e. The van der Waals surface area contributed by atoms with Gasteiger partial charge in [-0.3, -0.25) is 4.90 Å². The number of benzene rings is 2. The van der Waals surface area contributed by atoms with Crippen molar-refractivity contribution < 1.29 is 4.74 Å². The number of nitrogens with one attached hydrogen (secondary N) is 1. The Kier molecular flexibility index (Phi) is 6.21. The van der Waals surface area contributed by atoms with Gasteiger partial charge >= 0.3 is 0 Å². The normalized spacial score (nSPS) is 16.1. The van der Waals surface area contributed by atoms with Crippen LogP contribution in [0.2, 0.25) is 0 Å². The van der Waals surface area contributed by atoms with Crippen LogP contribution in [0.15, 0.2) is 54.7 Å². The molecule has 166 valence electrons. The van der Waals surface area contributed by atoms with Crippen molar-refractivity contribution in [3.8, 4) is 11.1 Å². The Balaban J connectivity index is 1.46. The number of ether oxygens (including phenoxy) is 1. The van der Waals surface area contributed by atoms with Crippen molar-refractivity contribution in [3.05, 3.63) is 65.9 Å². The van der Waals surface area contributed by atoms with Gasteiger partial charge in [-0.1, -0.05) is 50.1 Å². The molecular weight excluding hydrogens is 396 g/mol. The van der Waals surface area contributed by atoms with Crippen LogP contribution in [0.25, 0.3) is 33.1 Å². The zero-order chi connectivity index (χ0) is 21.9. The quantitative estimate of drug-likeness (QED) is 0.413. The minimum atomic E-state index is 0.0302. The topological polar surface area (TPSA) is 67.2 Å². The molecule has 32 heavy (non-hydrogen) atoms. The number of aromatic amines is 1. The van der Waals surface area contributed by atoms with Crippen molar-refractivity contribution in [3.63, 3.8) is 0 Å². The number of hydrogen-bond donors (Lipinski definition) is 2. The van der Waals surface area contributed by atoms with Crippen LogP contribution in [-0.2, 0) is 11.3 Å². The van der Waals surface area contributed by atoms with Crippen LogP contribution in [-0.4, -0.2) is 41.2 Å². The molecule has 0 spiro atoms. The number of unbranched alkanes of at least 4 members (excludes halogenated alkanes) is 1. The summed E-state index contributed by atoms with van der Waals surface area (Å²) in [5.41, 5.74) is 13.6. The molecule has 1 aliphatic rings. The van der Waals surface area contributed by atoms with E-state index in [1.165, 1.54) is 27.6 Å². The summed E-state index contributed by atoms with van der Waals surface area (Å²) in [6, 6.07) is 17.7. The first-order chi connectivity index (χ1) is 15.7. The molecule has 1 aliphatic heterocycles. The molecule has 0 saturated carbocycles. The number of fused-ring (bicyclic) bond motifs is 3. The third-order valence-corrected chi connectivity index (χ3v) is 6.59. The summed E-state index contributed by atoms with van der Waals surface area (Å²) in [4.78, 5) is 10.5. The van der Waals surface area contributed by atoms with E-state index in [-0.39, 0.29) is 6.04 Å². The third-order valence-electron chi connectivity index (χ3n) is 6.59. The van der Waals surface area contributed by atoms with Gasteiger partial charge in [0.05, 0.1) is 13.2 Å². The van der Waals surface area contributed by atoms with E-state index in [9.17, 15) is 0 Å². The van der Waals surface area contributed by atoms with Crippen molar-refractivity contribution in [2.75, 3.05) is 26.3 Å². The van der Waals surface area contributed by atoms with Gasteiger partial charge in [0.1, 0.15) is 5.65 Å². The molecule has 2 aromatic heterocycles. The molecule has 3 N–H and O–H groups in total. The molecule has 0 radical (unpaired) electrons. The molecule has 5 rings (SSSR count). The Morgan fingerprint density at radius 1 is 1.06 bits per heavy atom. The number of rotatable bonds is 7. The maximum Gasteiger partial charge on any atom is 0.138 e. The molecule has 2 aromatic carbocycles. The molecular formula is C27H32N4O. The summed E-state index contributed by atoms with van der Waals surface area (Å²) in [5.74, 6) is 0. The van der Waals surface area contributed by atoms with Gasteiger partial charge in [0.25, 0.3) is 0 Å². The molecule has 0 amide bonds. The summed E-state index contributed by atoms with van der Waals surface area (Å²) in [6.07, 6.45) is 5.15. The molecule has 1 atom stereocenters. The molecule has 0 bridgehead atoms. The lowest BCUT2D eigenvalue weighted by molar-refractivity contribution is 0.0342. The lowest BCUT2D eigenvalue weighted by Gasteiger charge is -2.26. The van der Waals surface area contributed by atoms with Gasteiger partial charge in [-0.05, 0) is 46.9 Å². The van der Waals surface area contributed by atoms with Crippen molar-refractivity contribution in [1.29, 1.82) is 0 Å². The third kappa shape index (κ3) is 4.29. The summed E-state index contributed by atoms with van der Waals surface area (Å²) < 4.78 is 5.46. The summed E-state index contributed by atoms with van der Waals surface area (Å²) in [6.45, 7) is 6.88. The lowest BCUT2D eigenvalue weighted by Crippen LogP contribution is -2.35. The summed E-state index contributed by atoms with van der Waals surface area (Å²) in [5, 5.41) is 2.36. The van der Waals surface area contributed by atoms with Gasteiger partial charge in [-0.2, -0.15) is 0 Å². The van der Waals surface area contributed by atoms with Gasteiger partial charge in [-0.15, -0.1) is 0 Å². The van der Waals surface area contributed by atoms with E-state index < -0.39 is 0 Å². The molecule has 1 saturated heterocycles. The Labute approximate surface area is 189 Å². The largest absolute Gasteiger partial charge is 0.379 e. The Morgan fingerprint density at radius 3 is 2.62 bits per heavy atom. The first-order valence-electron chi connectivity index (χ1n) is 11.8. The lowest BCUT2D eigenvalue weighted by atomic mass is 9.97. The predicted molar refractivity (Wildman–Crippen MR) is 132 cm³/mol. The highest BCUT2D eigenvalue weighted by Crippen LogP contribution is 2.34. The van der Waals surface area contributed by atoms with Crippen LogP contribution < -0.4 is 5.73 Å². The average Bonchev–Trinajstić information content (AvgIpc) is 3.22. The first kappa shape index (κ1) is 21.1. The Bertz CT molecular complexity index is 1190. The van der Waals surface area contributed by atoms with E-state index in [2.05, 4.69) is 70.3 Å². The monoisotopic (exact) mass is 428 g/mol. The average molecular weight is 429 g/mol. The highest BCUT2D eigenvalue weighted by molar-refractivity contribution is 6.09. The standard InChI is InChI=1S/C27H32N4O/c1-2-3-4-24(28)22-11-12-29-27-26(22)23-17-21(9-10-25(23)30-27)20-7-5-19(6-8-20)18-31-13-15-32-16-14-31/h5-12,17,24H,2-4,13-16,18,28H2,1H3,(H,29,30). The van der Waals surface area contributed by atoms with Crippen molar-refractivity contribution in [2.45, 2.75) is 38.8 Å². The summed E-state index contributed by atoms with van der Waals surface area (Å²) >= 11 is 0. The SMILES string of the molecule is CCCCC(N)c1ccnc2[nH]c3ccc(-c4ccc(CN5CCOCC5)cc4)cc3c12. The van der Waals surface area contributed by atoms with Crippen LogP contribution in [0.3, 0.4) is 0 Å². The van der Waals surface area contributed by atoms with Gasteiger partial charge in [-0.25, -0.2) is 4.98 Å². The van der Waals surface area contributed by atoms with Crippen LogP contribution >= 0.6 is 0 Å². The molecule has 1 fully saturated rings. The Morgan fingerprint density at radius 2 is 1.84 bits per heavy atom. The highest BCUT2D eigenvalue weighted by atomic mass is 16.5. The number of H-pyrrole nitrogens is 1. The fourth-order valence-corrected chi connectivity index (χ4v) is 4.73. The molecule has 5 heteroatoms. The molecule has 4 aromatic rings. The zero-order valence-corrected chi connectivity index (χ0v) is 18.8. The van der Waals surface area contributed by atoms with Crippen LogP contribution in [0.5, 0.6) is 0 Å². The predicted octanol–water partition coefficient (Wildman–Crippen LogP) is 5.41. The van der Waals surface area contributed by atoms with E-state index in [1.807, 2.05) is 6.20 Å². The van der Waals surface area contributed by atoms with E-state index in [1.54, 1.807) is 0 Å². The number of nitrogens with two attached hydrogens (primary N) is 1. The van der Waals surface area contributed by atoms with E-state index in [0.717, 1.165) is 68.7 Å². The van der Waals surface area contributed by atoms with Crippen LogP contribution in [0, 0.1) is 0 Å². The fourth-order valence-electron chi connectivity index (χ4n) is 4.73. The van der Waals surface area contributed by atoms with Crippen LogP contribution in [0.4, 0.5) is 0 Å². The van der Waals surface area contributed by atoms with Gasteiger partial charge < -0.3 is 15.5 Å². The molecule has 1 unspecified atom stereocenters. The maximum atomic E-state index is 6.59. The fraction of sp³-hybridized carbons (Fsp3) is 0.370. The summed E-state index contributed by atoms with van der Waals surface area (Å²) in [7, 11) is 0. The number of pyridine rings is 1. The number of aromatic nitrogens is 2. The number of nitrogens with zero attached hydrogens (tertiary/aromatic N) is 2. The second kappa shape index (κ2) is 9.41. The van der Waals surface area contributed by atoms with Gasteiger partial charge in [0.2, 0.25) is 0 Å². The smallest absolute Gasteiger partial charge is 0.138 e. The Hall–Kier alpha value is -2.73. The van der Waals surface area contributed by atoms with E-state index in [4.69, 9.17) is 10.5 Å². The van der Waals surface area contributed by atoms with Gasteiger partial charge in [0, 0.05) is 48.2 Å². The van der Waals surface area contributed by atoms with Gasteiger partial charge in [0.15, 0.2) is 0 Å². The minimum absolute atomic E-state index is 0.0302. The maximum absolute atomic E-state index is 6.59. The van der Waals surface area contributed by atoms with Crippen molar-refractivity contribution >= 4 is 21.9 Å². The second-order valence-corrected chi connectivity index (χ2v) is 8.84. The molecule has 5 nitrogen and oxygen atoms in total. The highest BCUT2D eigenvalue weighted by Gasteiger charge is 2.16. The number of hydrogen-bond acceptors (Lipinski definition) is 4. The van der Waals surface area contributed by atoms with Crippen LogP contribution in [0.1, 0.15) is 43.4 Å². The number of morpholine rings is 1. The van der Waals surface area contributed by atoms with Crippen molar-refractivity contribution in [1.82, 2.24) is 14.9 Å².